The number of hydrogen-bond acceptors (Lipinski definition) is 5. The van der Waals surface area contributed by atoms with E-state index in [0.717, 1.165) is 0 Å². The van der Waals surface area contributed by atoms with E-state index in [0.29, 0.717) is 11.4 Å². The molecular formula is C12H11N3O5. The quantitative estimate of drug-likeness (QED) is 0.674. The van der Waals surface area contributed by atoms with Gasteiger partial charge in [-0.25, -0.2) is 9.48 Å². The first-order chi connectivity index (χ1) is 9.43. The summed E-state index contributed by atoms with van der Waals surface area (Å²) in [6.07, 6.45) is 0. The molecule has 8 nitrogen and oxygen atoms in total. The van der Waals surface area contributed by atoms with Crippen LogP contribution in [0.25, 0.3) is 5.69 Å². The molecule has 1 N–H and O–H groups in total. The van der Waals surface area contributed by atoms with E-state index in [4.69, 9.17) is 9.84 Å². The third-order valence-corrected chi connectivity index (χ3v) is 2.71. The number of aromatic carboxylic acids is 1. The Balaban J connectivity index is 2.57. The largest absolute Gasteiger partial charge is 0.494 e. The fraction of sp³-hybridized carbons (Fsp3) is 0.167. The minimum atomic E-state index is -1.15. The fourth-order valence-electron chi connectivity index (χ4n) is 1.78. The molecule has 0 aliphatic rings. The number of non-ortho nitro benzene ring substituents is 1. The number of nitro benzene ring substituents is 1. The van der Waals surface area contributed by atoms with Crippen LogP contribution in [-0.4, -0.2) is 32.9 Å². The number of aromatic nitrogens is 2. The van der Waals surface area contributed by atoms with Crippen LogP contribution in [0.15, 0.2) is 24.3 Å². The molecule has 20 heavy (non-hydrogen) atoms. The van der Waals surface area contributed by atoms with E-state index in [9.17, 15) is 14.9 Å². The maximum absolute atomic E-state index is 10.9. The average molecular weight is 277 g/mol. The van der Waals surface area contributed by atoms with Gasteiger partial charge in [0.1, 0.15) is 5.69 Å². The third-order valence-electron chi connectivity index (χ3n) is 2.71. The van der Waals surface area contributed by atoms with Crippen LogP contribution in [0.2, 0.25) is 0 Å². The molecular weight excluding hydrogens is 266 g/mol. The normalized spacial score (nSPS) is 10.3. The maximum atomic E-state index is 10.9. The molecule has 0 aliphatic heterocycles. The van der Waals surface area contributed by atoms with E-state index in [1.54, 1.807) is 6.92 Å². The molecule has 2 aromatic rings. The topological polar surface area (TPSA) is 107 Å². The summed E-state index contributed by atoms with van der Waals surface area (Å²) in [7, 11) is 1.37. The lowest BCUT2D eigenvalue weighted by Crippen LogP contribution is -2.04. The Labute approximate surface area is 113 Å². The second-order valence-corrected chi connectivity index (χ2v) is 4.00. The smallest absolute Gasteiger partial charge is 0.356 e. The molecule has 1 heterocycles. The second-order valence-electron chi connectivity index (χ2n) is 4.00. The molecule has 0 saturated heterocycles. The van der Waals surface area contributed by atoms with E-state index in [2.05, 4.69) is 5.10 Å². The second kappa shape index (κ2) is 5.00. The number of benzene rings is 1. The van der Waals surface area contributed by atoms with Crippen LogP contribution >= 0.6 is 0 Å². The summed E-state index contributed by atoms with van der Waals surface area (Å²) in [5.41, 5.74) is 0.787. The van der Waals surface area contributed by atoms with Crippen molar-refractivity contribution in [2.24, 2.45) is 0 Å². The Morgan fingerprint density at radius 2 is 2.15 bits per heavy atom. The Bertz CT molecular complexity index is 692. The fourth-order valence-corrected chi connectivity index (χ4v) is 1.78. The lowest BCUT2D eigenvalue weighted by molar-refractivity contribution is -0.384. The van der Waals surface area contributed by atoms with Crippen LogP contribution in [0.1, 0.15) is 16.2 Å². The van der Waals surface area contributed by atoms with Gasteiger partial charge < -0.3 is 9.84 Å². The van der Waals surface area contributed by atoms with Gasteiger partial charge in [-0.2, -0.15) is 5.10 Å². The SMILES string of the molecule is COc1cc([N+](=O)[O-])ccc1-n1nc(C(=O)O)cc1C. The molecule has 0 amide bonds. The van der Waals surface area contributed by atoms with Gasteiger partial charge in [-0.15, -0.1) is 0 Å². The number of carbonyl (C=O) groups is 1. The molecule has 1 aromatic heterocycles. The molecule has 0 fully saturated rings. The van der Waals surface area contributed by atoms with Gasteiger partial charge in [-0.3, -0.25) is 10.1 Å². The molecule has 0 aliphatic carbocycles. The van der Waals surface area contributed by atoms with Crippen LogP contribution in [0.5, 0.6) is 5.75 Å². The van der Waals surface area contributed by atoms with Gasteiger partial charge in [0, 0.05) is 11.8 Å². The number of carboxylic acids is 1. The van der Waals surface area contributed by atoms with Gasteiger partial charge in [0.15, 0.2) is 11.4 Å². The Kier molecular flexibility index (Phi) is 3.38. The summed E-state index contributed by atoms with van der Waals surface area (Å²) >= 11 is 0. The summed E-state index contributed by atoms with van der Waals surface area (Å²) in [5.74, 6) is -0.907. The van der Waals surface area contributed by atoms with Gasteiger partial charge in [-0.1, -0.05) is 0 Å². The number of nitro groups is 1. The summed E-state index contributed by atoms with van der Waals surface area (Å²) in [6.45, 7) is 1.68. The molecule has 0 spiro atoms. The standard InChI is InChI=1S/C12H11N3O5/c1-7-5-9(12(16)17)13-14(7)10-4-3-8(15(18)19)6-11(10)20-2/h3-6H,1-2H3,(H,16,17). The van der Waals surface area contributed by atoms with Crippen molar-refractivity contribution in [1.82, 2.24) is 9.78 Å². The van der Waals surface area contributed by atoms with Crippen molar-refractivity contribution < 1.29 is 19.6 Å². The highest BCUT2D eigenvalue weighted by molar-refractivity contribution is 5.85. The van der Waals surface area contributed by atoms with Gasteiger partial charge in [0.05, 0.1) is 18.1 Å². The van der Waals surface area contributed by atoms with E-state index in [-0.39, 0.29) is 17.1 Å². The van der Waals surface area contributed by atoms with Crippen molar-refractivity contribution in [2.75, 3.05) is 7.11 Å². The maximum Gasteiger partial charge on any atom is 0.356 e. The van der Waals surface area contributed by atoms with Crippen molar-refractivity contribution in [3.63, 3.8) is 0 Å². The molecule has 8 heteroatoms. The summed E-state index contributed by atoms with van der Waals surface area (Å²) in [5, 5.41) is 23.6. The van der Waals surface area contributed by atoms with Crippen LogP contribution < -0.4 is 4.74 Å². The van der Waals surface area contributed by atoms with Gasteiger partial charge in [-0.05, 0) is 19.1 Å². The first-order valence-electron chi connectivity index (χ1n) is 5.57. The van der Waals surface area contributed by atoms with Gasteiger partial charge in [0.25, 0.3) is 5.69 Å². The Morgan fingerprint density at radius 1 is 1.45 bits per heavy atom. The number of hydrogen-bond donors (Lipinski definition) is 1. The van der Waals surface area contributed by atoms with Crippen LogP contribution in [0.3, 0.4) is 0 Å². The Morgan fingerprint density at radius 3 is 2.65 bits per heavy atom. The number of carboxylic acid groups (broad SMARTS) is 1. The highest BCUT2D eigenvalue weighted by atomic mass is 16.6. The lowest BCUT2D eigenvalue weighted by Gasteiger charge is -2.09. The van der Waals surface area contributed by atoms with Gasteiger partial charge >= 0.3 is 5.97 Å². The predicted octanol–water partition coefficient (Wildman–Crippen LogP) is 1.80. The molecule has 1 aromatic carbocycles. The molecule has 104 valence electrons. The summed E-state index contributed by atoms with van der Waals surface area (Å²) in [6, 6.07) is 5.43. The van der Waals surface area contributed by atoms with Gasteiger partial charge in [0.2, 0.25) is 0 Å². The first-order valence-corrected chi connectivity index (χ1v) is 5.57. The number of aryl methyl sites for hydroxylation is 1. The molecule has 0 atom stereocenters. The zero-order valence-electron chi connectivity index (χ0n) is 10.7. The highest BCUT2D eigenvalue weighted by Gasteiger charge is 2.17. The molecule has 2 rings (SSSR count). The number of methoxy groups -OCH3 is 1. The van der Waals surface area contributed by atoms with Crippen LogP contribution in [0.4, 0.5) is 5.69 Å². The zero-order chi connectivity index (χ0) is 14.9. The summed E-state index contributed by atoms with van der Waals surface area (Å²) in [4.78, 5) is 21.1. The summed E-state index contributed by atoms with van der Waals surface area (Å²) < 4.78 is 6.47. The van der Waals surface area contributed by atoms with E-state index in [1.165, 1.54) is 36.1 Å². The molecule has 0 saturated carbocycles. The minimum absolute atomic E-state index is 0.108. The van der Waals surface area contributed by atoms with Crippen LogP contribution in [0, 0.1) is 17.0 Å². The van der Waals surface area contributed by atoms with E-state index < -0.39 is 10.9 Å². The number of nitrogens with zero attached hydrogens (tertiary/aromatic N) is 3. The average Bonchev–Trinajstić information content (AvgIpc) is 2.80. The van der Waals surface area contributed by atoms with E-state index in [1.807, 2.05) is 0 Å². The number of rotatable bonds is 4. The predicted molar refractivity (Wildman–Crippen MR) is 68.5 cm³/mol. The van der Waals surface area contributed by atoms with Crippen molar-refractivity contribution in [3.8, 4) is 11.4 Å². The molecule has 0 unspecified atom stereocenters. The lowest BCUT2D eigenvalue weighted by atomic mass is 10.2. The first kappa shape index (κ1) is 13.5. The van der Waals surface area contributed by atoms with Crippen molar-refractivity contribution in [1.29, 1.82) is 0 Å². The number of ether oxygens (including phenoxy) is 1. The van der Waals surface area contributed by atoms with Crippen molar-refractivity contribution >= 4 is 11.7 Å². The molecule has 0 bridgehead atoms. The molecule has 0 radical (unpaired) electrons. The highest BCUT2D eigenvalue weighted by Crippen LogP contribution is 2.28. The zero-order valence-corrected chi connectivity index (χ0v) is 10.7. The van der Waals surface area contributed by atoms with Crippen LogP contribution in [-0.2, 0) is 0 Å². The minimum Gasteiger partial charge on any atom is -0.494 e. The van der Waals surface area contributed by atoms with Crippen molar-refractivity contribution in [2.45, 2.75) is 6.92 Å². The van der Waals surface area contributed by atoms with Crippen molar-refractivity contribution in [3.05, 3.63) is 45.8 Å². The Hall–Kier alpha value is -2.90. The third kappa shape index (κ3) is 2.30. The monoisotopic (exact) mass is 277 g/mol. The van der Waals surface area contributed by atoms with E-state index >= 15 is 0 Å².